The maximum Gasteiger partial charge on any atom is 0.0860 e. The van der Waals surface area contributed by atoms with Crippen molar-refractivity contribution in [1.82, 2.24) is 15.1 Å². The summed E-state index contributed by atoms with van der Waals surface area (Å²) in [4.78, 5) is 0. The molecule has 2 heterocycles. The molecule has 1 aliphatic heterocycles. The molecule has 0 aliphatic carbocycles. The lowest BCUT2D eigenvalue weighted by Crippen LogP contribution is -2.28. The van der Waals surface area contributed by atoms with Crippen LogP contribution in [0.15, 0.2) is 0 Å². The third-order valence-corrected chi connectivity index (χ3v) is 4.20. The van der Waals surface area contributed by atoms with Crippen molar-refractivity contribution in [1.29, 1.82) is 0 Å². The predicted molar refractivity (Wildman–Crippen MR) is 72.8 cm³/mol. The van der Waals surface area contributed by atoms with Gasteiger partial charge in [-0.15, -0.1) is 0 Å². The van der Waals surface area contributed by atoms with Crippen molar-refractivity contribution in [2.75, 3.05) is 13.2 Å². The van der Waals surface area contributed by atoms with Gasteiger partial charge >= 0.3 is 0 Å². The first-order valence-electron chi connectivity index (χ1n) is 6.63. The highest BCUT2D eigenvalue weighted by Gasteiger charge is 2.26. The number of hydrogen-bond acceptors (Lipinski definition) is 3. The zero-order chi connectivity index (χ0) is 13.1. The number of aryl methyl sites for hydroxylation is 2. The molecule has 1 fully saturated rings. The van der Waals surface area contributed by atoms with Gasteiger partial charge < -0.3 is 10.1 Å². The Labute approximate surface area is 114 Å². The van der Waals surface area contributed by atoms with Crippen molar-refractivity contribution in [2.45, 2.75) is 39.3 Å². The first-order chi connectivity index (χ1) is 8.63. The fourth-order valence-electron chi connectivity index (χ4n) is 2.63. The van der Waals surface area contributed by atoms with Crippen LogP contribution in [0.3, 0.4) is 0 Å². The summed E-state index contributed by atoms with van der Waals surface area (Å²) >= 11 is 6.22. The monoisotopic (exact) mass is 271 g/mol. The Kier molecular flexibility index (Phi) is 4.65. The van der Waals surface area contributed by atoms with E-state index in [1.165, 1.54) is 0 Å². The van der Waals surface area contributed by atoms with Crippen molar-refractivity contribution in [3.05, 3.63) is 16.4 Å². The second-order valence-corrected chi connectivity index (χ2v) is 5.34. The lowest BCUT2D eigenvalue weighted by Gasteiger charge is -2.17. The van der Waals surface area contributed by atoms with Crippen molar-refractivity contribution >= 4 is 11.6 Å². The Balaban J connectivity index is 1.85. The molecule has 1 aromatic heterocycles. The average Bonchev–Trinajstić information content (AvgIpc) is 2.89. The fraction of sp³-hybridized carbons (Fsp3) is 0.769. The minimum Gasteiger partial charge on any atom is -0.378 e. The maximum absolute atomic E-state index is 6.22. The molecule has 0 spiro atoms. The van der Waals surface area contributed by atoms with Crippen molar-refractivity contribution < 1.29 is 4.74 Å². The molecule has 102 valence electrons. The minimum atomic E-state index is 0.418. The molecule has 0 aromatic carbocycles. The predicted octanol–water partition coefficient (Wildman–Crippen LogP) is 2.29. The number of nitrogens with zero attached hydrogens (tertiary/aromatic N) is 2. The molecule has 4 nitrogen and oxygen atoms in total. The lowest BCUT2D eigenvalue weighted by atomic mass is 10.00. The van der Waals surface area contributed by atoms with Gasteiger partial charge in [0.05, 0.1) is 22.5 Å². The van der Waals surface area contributed by atoms with Gasteiger partial charge in [-0.05, 0) is 25.7 Å². The summed E-state index contributed by atoms with van der Waals surface area (Å²) in [6.07, 6.45) is 2.67. The van der Waals surface area contributed by atoms with E-state index in [1.807, 2.05) is 18.7 Å². The summed E-state index contributed by atoms with van der Waals surface area (Å²) in [6.45, 7) is 6.77. The molecule has 0 saturated carbocycles. The number of halogens is 1. The van der Waals surface area contributed by atoms with E-state index < -0.39 is 0 Å². The SMILES string of the molecule is CCC1OCCC1CNCc1c(Cl)c(C)nn1C. The smallest absolute Gasteiger partial charge is 0.0860 e. The quantitative estimate of drug-likeness (QED) is 0.893. The highest BCUT2D eigenvalue weighted by Crippen LogP contribution is 2.23. The molecular formula is C13H22ClN3O. The lowest BCUT2D eigenvalue weighted by molar-refractivity contribution is 0.0872. The normalized spacial score (nSPS) is 23.8. The summed E-state index contributed by atoms with van der Waals surface area (Å²) in [5.74, 6) is 0.628. The van der Waals surface area contributed by atoms with Crippen LogP contribution in [0.1, 0.15) is 31.2 Å². The number of nitrogens with one attached hydrogen (secondary N) is 1. The highest BCUT2D eigenvalue weighted by molar-refractivity contribution is 6.31. The van der Waals surface area contributed by atoms with E-state index in [9.17, 15) is 0 Å². The molecule has 0 bridgehead atoms. The van der Waals surface area contributed by atoms with Crippen LogP contribution in [0, 0.1) is 12.8 Å². The first kappa shape index (κ1) is 13.8. The molecule has 2 unspecified atom stereocenters. The van der Waals surface area contributed by atoms with E-state index in [2.05, 4.69) is 17.3 Å². The van der Waals surface area contributed by atoms with E-state index >= 15 is 0 Å². The van der Waals surface area contributed by atoms with Gasteiger partial charge in [-0.2, -0.15) is 5.10 Å². The zero-order valence-electron chi connectivity index (χ0n) is 11.4. The van der Waals surface area contributed by atoms with Crippen LogP contribution in [0.2, 0.25) is 5.02 Å². The number of rotatable bonds is 5. The first-order valence-corrected chi connectivity index (χ1v) is 7.01. The molecule has 1 aliphatic rings. The van der Waals surface area contributed by atoms with Gasteiger partial charge in [-0.1, -0.05) is 18.5 Å². The van der Waals surface area contributed by atoms with E-state index in [1.54, 1.807) is 0 Å². The molecule has 1 saturated heterocycles. The van der Waals surface area contributed by atoms with Crippen LogP contribution < -0.4 is 5.32 Å². The van der Waals surface area contributed by atoms with Crippen LogP contribution in [0.25, 0.3) is 0 Å². The van der Waals surface area contributed by atoms with Crippen molar-refractivity contribution in [2.24, 2.45) is 13.0 Å². The minimum absolute atomic E-state index is 0.418. The molecule has 2 rings (SSSR count). The molecule has 1 aromatic rings. The van der Waals surface area contributed by atoms with Crippen LogP contribution in [0.5, 0.6) is 0 Å². The second-order valence-electron chi connectivity index (χ2n) is 4.97. The van der Waals surface area contributed by atoms with E-state index in [0.717, 1.165) is 48.9 Å². The largest absolute Gasteiger partial charge is 0.378 e. The summed E-state index contributed by atoms with van der Waals surface area (Å²) in [7, 11) is 1.93. The number of hydrogen-bond donors (Lipinski definition) is 1. The van der Waals surface area contributed by atoms with E-state index in [0.29, 0.717) is 12.0 Å². The summed E-state index contributed by atoms with van der Waals surface area (Å²) < 4.78 is 7.54. The Morgan fingerprint density at radius 3 is 2.94 bits per heavy atom. The molecule has 2 atom stereocenters. The van der Waals surface area contributed by atoms with E-state index in [-0.39, 0.29) is 0 Å². The molecule has 1 N–H and O–H groups in total. The van der Waals surface area contributed by atoms with Gasteiger partial charge in [0, 0.05) is 26.7 Å². The molecule has 5 heteroatoms. The van der Waals surface area contributed by atoms with Crippen molar-refractivity contribution in [3.63, 3.8) is 0 Å². The number of ether oxygens (including phenoxy) is 1. The average molecular weight is 272 g/mol. The molecule has 0 radical (unpaired) electrons. The highest BCUT2D eigenvalue weighted by atomic mass is 35.5. The zero-order valence-corrected chi connectivity index (χ0v) is 12.1. The topological polar surface area (TPSA) is 39.1 Å². The maximum atomic E-state index is 6.22. The van der Waals surface area contributed by atoms with Gasteiger partial charge in [-0.25, -0.2) is 0 Å². The van der Waals surface area contributed by atoms with E-state index in [4.69, 9.17) is 16.3 Å². The summed E-state index contributed by atoms with van der Waals surface area (Å²) in [6, 6.07) is 0. The third kappa shape index (κ3) is 2.87. The van der Waals surface area contributed by atoms with Gasteiger partial charge in [-0.3, -0.25) is 4.68 Å². The van der Waals surface area contributed by atoms with Gasteiger partial charge in [0.1, 0.15) is 0 Å². The van der Waals surface area contributed by atoms with Gasteiger partial charge in [0.15, 0.2) is 0 Å². The van der Waals surface area contributed by atoms with Crippen LogP contribution in [0.4, 0.5) is 0 Å². The molecular weight excluding hydrogens is 250 g/mol. The van der Waals surface area contributed by atoms with Gasteiger partial charge in [0.2, 0.25) is 0 Å². The number of aromatic nitrogens is 2. The van der Waals surface area contributed by atoms with Crippen molar-refractivity contribution in [3.8, 4) is 0 Å². The Bertz CT molecular complexity index is 405. The molecule has 18 heavy (non-hydrogen) atoms. The standard InChI is InChI=1S/C13H22ClN3O/c1-4-12-10(5-6-18-12)7-15-8-11-13(14)9(2)16-17(11)3/h10,12,15H,4-8H2,1-3H3. The second kappa shape index (κ2) is 6.04. The Morgan fingerprint density at radius 1 is 1.56 bits per heavy atom. The van der Waals surface area contributed by atoms with Gasteiger partial charge in [0.25, 0.3) is 0 Å². The molecule has 0 amide bonds. The summed E-state index contributed by atoms with van der Waals surface area (Å²) in [5, 5.41) is 8.57. The van der Waals surface area contributed by atoms with Crippen LogP contribution in [-0.4, -0.2) is 29.0 Å². The Hall–Kier alpha value is -0.580. The Morgan fingerprint density at radius 2 is 2.33 bits per heavy atom. The third-order valence-electron chi connectivity index (χ3n) is 3.71. The summed E-state index contributed by atoms with van der Waals surface area (Å²) in [5.41, 5.74) is 1.95. The van der Waals surface area contributed by atoms with Crippen LogP contribution in [-0.2, 0) is 18.3 Å². The van der Waals surface area contributed by atoms with Crippen LogP contribution >= 0.6 is 11.6 Å². The fourth-order valence-corrected chi connectivity index (χ4v) is 2.85.